The second-order valence-corrected chi connectivity index (χ2v) is 5.81. The summed E-state index contributed by atoms with van der Waals surface area (Å²) in [6.07, 6.45) is 3.35. The van der Waals surface area contributed by atoms with Gasteiger partial charge in [0.05, 0.1) is 5.57 Å². The normalized spacial score (nSPS) is 15.9. The van der Waals surface area contributed by atoms with E-state index in [1.807, 2.05) is 31.2 Å². The van der Waals surface area contributed by atoms with Crippen LogP contribution in [0.2, 0.25) is 10.0 Å². The van der Waals surface area contributed by atoms with E-state index in [2.05, 4.69) is 0 Å². The Labute approximate surface area is 138 Å². The fourth-order valence-electron chi connectivity index (χ4n) is 2.15. The van der Waals surface area contributed by atoms with Gasteiger partial charge in [-0.05, 0) is 31.2 Å². The summed E-state index contributed by atoms with van der Waals surface area (Å²) in [7, 11) is 0. The molecule has 1 aliphatic rings. The fraction of sp³-hybridized carbons (Fsp3) is 0.0556. The van der Waals surface area contributed by atoms with Crippen LogP contribution in [-0.4, -0.2) is 5.97 Å². The van der Waals surface area contributed by atoms with Crippen molar-refractivity contribution < 1.29 is 9.53 Å². The standard InChI is InChI=1S/C18H12Cl2O2/c1-11-5-7-12(8-6-11)17-10-13(18(21)22-17)9-14-15(19)3-2-4-16(14)20/h2-10H,1H3/b13-9-. The second kappa shape index (κ2) is 5.99. The monoisotopic (exact) mass is 330 g/mol. The minimum atomic E-state index is -0.411. The van der Waals surface area contributed by atoms with Gasteiger partial charge in [0.1, 0.15) is 5.76 Å². The SMILES string of the molecule is Cc1ccc(C2=C/C(=C/c3c(Cl)cccc3Cl)C(=O)O2)cc1. The van der Waals surface area contributed by atoms with E-state index in [0.29, 0.717) is 26.9 Å². The number of rotatable bonds is 2. The molecule has 0 N–H and O–H groups in total. The molecule has 0 amide bonds. The molecule has 0 atom stereocenters. The Kier molecular flexibility index (Phi) is 4.06. The molecule has 22 heavy (non-hydrogen) atoms. The molecule has 0 radical (unpaired) electrons. The molecule has 110 valence electrons. The lowest BCUT2D eigenvalue weighted by atomic mass is 10.1. The Morgan fingerprint density at radius 2 is 1.64 bits per heavy atom. The molecule has 4 heteroatoms. The lowest BCUT2D eigenvalue weighted by Crippen LogP contribution is -1.97. The number of hydrogen-bond donors (Lipinski definition) is 0. The molecule has 0 unspecified atom stereocenters. The number of aryl methyl sites for hydroxylation is 1. The van der Waals surface area contributed by atoms with Crippen LogP contribution >= 0.6 is 23.2 Å². The molecule has 1 aliphatic heterocycles. The van der Waals surface area contributed by atoms with E-state index in [9.17, 15) is 4.79 Å². The van der Waals surface area contributed by atoms with Crippen LogP contribution in [0.15, 0.2) is 54.1 Å². The third kappa shape index (κ3) is 2.94. The van der Waals surface area contributed by atoms with Crippen molar-refractivity contribution in [3.63, 3.8) is 0 Å². The van der Waals surface area contributed by atoms with Crippen LogP contribution in [0, 0.1) is 6.92 Å². The fourth-order valence-corrected chi connectivity index (χ4v) is 2.66. The minimum absolute atomic E-state index is 0.411. The van der Waals surface area contributed by atoms with Crippen LogP contribution < -0.4 is 0 Å². The van der Waals surface area contributed by atoms with Gasteiger partial charge in [0, 0.05) is 21.2 Å². The number of carbonyl (C=O) groups is 1. The van der Waals surface area contributed by atoms with E-state index in [0.717, 1.165) is 11.1 Å². The predicted octanol–water partition coefficient (Wildman–Crippen LogP) is 5.28. The molecule has 0 aliphatic carbocycles. The molecule has 0 saturated carbocycles. The topological polar surface area (TPSA) is 26.3 Å². The maximum Gasteiger partial charge on any atom is 0.343 e. The second-order valence-electron chi connectivity index (χ2n) is 5.00. The lowest BCUT2D eigenvalue weighted by molar-refractivity contribution is -0.130. The highest BCUT2D eigenvalue weighted by atomic mass is 35.5. The summed E-state index contributed by atoms with van der Waals surface area (Å²) in [5.41, 5.74) is 3.03. The third-order valence-electron chi connectivity index (χ3n) is 3.36. The molecular weight excluding hydrogens is 319 g/mol. The molecule has 2 nitrogen and oxygen atoms in total. The third-order valence-corrected chi connectivity index (χ3v) is 4.02. The van der Waals surface area contributed by atoms with Gasteiger partial charge in [0.25, 0.3) is 0 Å². The highest BCUT2D eigenvalue weighted by Crippen LogP contribution is 2.31. The van der Waals surface area contributed by atoms with Gasteiger partial charge in [0.2, 0.25) is 0 Å². The van der Waals surface area contributed by atoms with Crippen molar-refractivity contribution in [2.75, 3.05) is 0 Å². The number of cyclic esters (lactones) is 1. The number of ether oxygens (including phenoxy) is 1. The van der Waals surface area contributed by atoms with Crippen molar-refractivity contribution in [3.8, 4) is 0 Å². The van der Waals surface area contributed by atoms with E-state index in [1.54, 1.807) is 30.4 Å². The highest BCUT2D eigenvalue weighted by Gasteiger charge is 2.22. The summed E-state index contributed by atoms with van der Waals surface area (Å²) >= 11 is 12.2. The Bertz CT molecular complexity index is 782. The molecule has 0 spiro atoms. The smallest absolute Gasteiger partial charge is 0.343 e. The zero-order valence-electron chi connectivity index (χ0n) is 11.8. The minimum Gasteiger partial charge on any atom is -0.422 e. The van der Waals surface area contributed by atoms with Crippen LogP contribution in [0.1, 0.15) is 16.7 Å². The van der Waals surface area contributed by atoms with E-state index in [4.69, 9.17) is 27.9 Å². The molecule has 0 aromatic heterocycles. The van der Waals surface area contributed by atoms with Gasteiger partial charge >= 0.3 is 5.97 Å². The first-order valence-corrected chi connectivity index (χ1v) is 7.47. The summed E-state index contributed by atoms with van der Waals surface area (Å²) in [4.78, 5) is 12.0. The van der Waals surface area contributed by atoms with E-state index in [-0.39, 0.29) is 0 Å². The van der Waals surface area contributed by atoms with Gasteiger partial charge in [-0.25, -0.2) is 4.79 Å². The Morgan fingerprint density at radius 3 is 2.27 bits per heavy atom. The van der Waals surface area contributed by atoms with Gasteiger partial charge in [-0.15, -0.1) is 0 Å². The largest absolute Gasteiger partial charge is 0.422 e. The quantitative estimate of drug-likeness (QED) is 0.552. The average Bonchev–Trinajstić information content (AvgIpc) is 2.85. The van der Waals surface area contributed by atoms with Crippen LogP contribution in [0.3, 0.4) is 0 Å². The predicted molar refractivity (Wildman–Crippen MR) is 89.7 cm³/mol. The Hall–Kier alpha value is -2.03. The lowest BCUT2D eigenvalue weighted by Gasteiger charge is -2.02. The Morgan fingerprint density at radius 1 is 1.00 bits per heavy atom. The van der Waals surface area contributed by atoms with Crippen molar-refractivity contribution >= 4 is 41.0 Å². The molecule has 0 saturated heterocycles. The van der Waals surface area contributed by atoms with Crippen LogP contribution in [-0.2, 0) is 9.53 Å². The Balaban J connectivity index is 1.99. The van der Waals surface area contributed by atoms with Gasteiger partial charge < -0.3 is 4.74 Å². The molecule has 1 heterocycles. The number of carbonyl (C=O) groups excluding carboxylic acids is 1. The first kappa shape index (κ1) is 14.9. The molecule has 0 bridgehead atoms. The molecule has 2 aromatic carbocycles. The summed E-state index contributed by atoms with van der Waals surface area (Å²) in [5.74, 6) is 0.117. The van der Waals surface area contributed by atoms with Gasteiger partial charge in [-0.1, -0.05) is 59.1 Å². The van der Waals surface area contributed by atoms with E-state index < -0.39 is 5.97 Å². The molecular formula is C18H12Cl2O2. The number of hydrogen-bond acceptors (Lipinski definition) is 2. The van der Waals surface area contributed by atoms with Gasteiger partial charge in [-0.3, -0.25) is 0 Å². The molecule has 3 rings (SSSR count). The van der Waals surface area contributed by atoms with Crippen LogP contribution in [0.4, 0.5) is 0 Å². The molecule has 0 fully saturated rings. The van der Waals surface area contributed by atoms with Crippen molar-refractivity contribution in [3.05, 3.63) is 80.8 Å². The maximum atomic E-state index is 12.0. The number of esters is 1. The molecule has 2 aromatic rings. The van der Waals surface area contributed by atoms with Crippen molar-refractivity contribution in [1.82, 2.24) is 0 Å². The summed E-state index contributed by atoms with van der Waals surface area (Å²) in [6, 6.07) is 13.0. The van der Waals surface area contributed by atoms with Crippen molar-refractivity contribution in [1.29, 1.82) is 0 Å². The summed E-state index contributed by atoms with van der Waals surface area (Å²) in [5, 5.41) is 0.981. The summed E-state index contributed by atoms with van der Waals surface area (Å²) < 4.78 is 5.32. The maximum absolute atomic E-state index is 12.0. The van der Waals surface area contributed by atoms with E-state index >= 15 is 0 Å². The first-order valence-electron chi connectivity index (χ1n) is 6.71. The number of halogens is 2. The van der Waals surface area contributed by atoms with E-state index in [1.165, 1.54) is 0 Å². The highest BCUT2D eigenvalue weighted by molar-refractivity contribution is 6.37. The first-order chi connectivity index (χ1) is 10.5. The summed E-state index contributed by atoms with van der Waals surface area (Å²) in [6.45, 7) is 2.00. The van der Waals surface area contributed by atoms with Crippen LogP contribution in [0.5, 0.6) is 0 Å². The van der Waals surface area contributed by atoms with Crippen molar-refractivity contribution in [2.45, 2.75) is 6.92 Å². The van der Waals surface area contributed by atoms with Gasteiger partial charge in [-0.2, -0.15) is 0 Å². The zero-order valence-corrected chi connectivity index (χ0v) is 13.3. The van der Waals surface area contributed by atoms with Crippen LogP contribution in [0.25, 0.3) is 11.8 Å². The average molecular weight is 331 g/mol. The van der Waals surface area contributed by atoms with Crippen molar-refractivity contribution in [2.24, 2.45) is 0 Å². The zero-order chi connectivity index (χ0) is 15.7. The number of benzene rings is 2. The van der Waals surface area contributed by atoms with Gasteiger partial charge in [0.15, 0.2) is 0 Å².